The van der Waals surface area contributed by atoms with E-state index in [1.807, 2.05) is 34.0 Å². The number of nitrogens with zero attached hydrogens (tertiary/aromatic N) is 3. The van der Waals surface area contributed by atoms with E-state index in [9.17, 15) is 4.79 Å². The molecule has 0 saturated carbocycles. The van der Waals surface area contributed by atoms with Gasteiger partial charge in [0, 0.05) is 13.0 Å². The van der Waals surface area contributed by atoms with Gasteiger partial charge in [-0.15, -0.1) is 0 Å². The standard InChI is InChI=1S/C16H25N3O4S/c1-6-21-12-9-13(18-14(17-12)24-5)22-11-7-8-19(10-11)15(20)23-16(2,3)4/h9,11H,6-8,10H2,1-5H3/t11-/m0/s1. The summed E-state index contributed by atoms with van der Waals surface area (Å²) in [4.78, 5) is 22.4. The van der Waals surface area contributed by atoms with E-state index >= 15 is 0 Å². The monoisotopic (exact) mass is 355 g/mol. The minimum absolute atomic E-state index is 0.114. The highest BCUT2D eigenvalue weighted by Gasteiger charge is 2.31. The van der Waals surface area contributed by atoms with E-state index in [1.165, 1.54) is 11.8 Å². The third-order valence-electron chi connectivity index (χ3n) is 3.22. The zero-order chi connectivity index (χ0) is 17.7. The van der Waals surface area contributed by atoms with Crippen LogP contribution in [0.15, 0.2) is 11.2 Å². The van der Waals surface area contributed by atoms with Crippen LogP contribution in [0, 0.1) is 0 Å². The van der Waals surface area contributed by atoms with E-state index in [0.29, 0.717) is 36.6 Å². The van der Waals surface area contributed by atoms with Crippen molar-refractivity contribution in [3.63, 3.8) is 0 Å². The first kappa shape index (κ1) is 18.6. The Bertz CT molecular complexity index is 577. The molecule has 0 spiro atoms. The van der Waals surface area contributed by atoms with Gasteiger partial charge in [-0.3, -0.25) is 0 Å². The van der Waals surface area contributed by atoms with Gasteiger partial charge in [-0.1, -0.05) is 11.8 Å². The molecule has 134 valence electrons. The van der Waals surface area contributed by atoms with Gasteiger partial charge in [-0.2, -0.15) is 9.97 Å². The molecule has 0 N–H and O–H groups in total. The largest absolute Gasteiger partial charge is 0.478 e. The van der Waals surface area contributed by atoms with Crippen molar-refractivity contribution in [1.82, 2.24) is 14.9 Å². The molecule has 0 unspecified atom stereocenters. The molecule has 0 aromatic carbocycles. The molecule has 0 bridgehead atoms. The van der Waals surface area contributed by atoms with E-state index in [4.69, 9.17) is 14.2 Å². The van der Waals surface area contributed by atoms with Gasteiger partial charge in [0.2, 0.25) is 11.8 Å². The van der Waals surface area contributed by atoms with Crippen molar-refractivity contribution in [2.24, 2.45) is 0 Å². The zero-order valence-corrected chi connectivity index (χ0v) is 15.7. The minimum Gasteiger partial charge on any atom is -0.478 e. The van der Waals surface area contributed by atoms with Crippen LogP contribution in [-0.2, 0) is 4.74 Å². The Morgan fingerprint density at radius 1 is 1.38 bits per heavy atom. The van der Waals surface area contributed by atoms with Crippen molar-refractivity contribution in [3.05, 3.63) is 6.07 Å². The van der Waals surface area contributed by atoms with Crippen LogP contribution in [0.2, 0.25) is 0 Å². The number of carbonyl (C=O) groups excluding carboxylic acids is 1. The third-order valence-corrected chi connectivity index (χ3v) is 3.77. The molecule has 1 saturated heterocycles. The molecule has 2 heterocycles. The Kier molecular flexibility index (Phi) is 6.15. The highest BCUT2D eigenvalue weighted by molar-refractivity contribution is 7.98. The summed E-state index contributed by atoms with van der Waals surface area (Å²) in [5.41, 5.74) is -0.498. The lowest BCUT2D eigenvalue weighted by Crippen LogP contribution is -2.36. The second-order valence-electron chi connectivity index (χ2n) is 6.42. The van der Waals surface area contributed by atoms with Crippen LogP contribution in [0.1, 0.15) is 34.1 Å². The fourth-order valence-corrected chi connectivity index (χ4v) is 2.61. The lowest BCUT2D eigenvalue weighted by atomic mass is 10.2. The summed E-state index contributed by atoms with van der Waals surface area (Å²) >= 11 is 1.43. The highest BCUT2D eigenvalue weighted by Crippen LogP contribution is 2.24. The summed E-state index contributed by atoms with van der Waals surface area (Å²) in [6, 6.07) is 1.68. The molecule has 7 nitrogen and oxygen atoms in total. The molecule has 0 radical (unpaired) electrons. The number of likely N-dealkylation sites (tertiary alicyclic amines) is 1. The number of hydrogen-bond donors (Lipinski definition) is 0. The van der Waals surface area contributed by atoms with Crippen LogP contribution in [0.5, 0.6) is 11.8 Å². The molecule has 1 amide bonds. The van der Waals surface area contributed by atoms with Crippen LogP contribution in [0.4, 0.5) is 4.79 Å². The molecule has 1 atom stereocenters. The lowest BCUT2D eigenvalue weighted by molar-refractivity contribution is 0.0274. The highest BCUT2D eigenvalue weighted by atomic mass is 32.2. The van der Waals surface area contributed by atoms with Crippen LogP contribution in [0.25, 0.3) is 0 Å². The molecular formula is C16H25N3O4S. The van der Waals surface area contributed by atoms with Crippen molar-refractivity contribution in [1.29, 1.82) is 0 Å². The maximum Gasteiger partial charge on any atom is 0.410 e. The maximum absolute atomic E-state index is 12.1. The van der Waals surface area contributed by atoms with E-state index < -0.39 is 5.60 Å². The summed E-state index contributed by atoms with van der Waals surface area (Å²) in [6.45, 7) is 9.09. The van der Waals surface area contributed by atoms with Gasteiger partial charge in [0.25, 0.3) is 0 Å². The van der Waals surface area contributed by atoms with Crippen molar-refractivity contribution in [3.8, 4) is 11.8 Å². The number of amides is 1. The van der Waals surface area contributed by atoms with E-state index in [2.05, 4.69) is 9.97 Å². The molecule has 1 aromatic rings. The first-order valence-electron chi connectivity index (χ1n) is 8.01. The normalized spacial score (nSPS) is 17.7. The van der Waals surface area contributed by atoms with Crippen LogP contribution < -0.4 is 9.47 Å². The van der Waals surface area contributed by atoms with Gasteiger partial charge in [0.15, 0.2) is 5.16 Å². The number of hydrogen-bond acceptors (Lipinski definition) is 7. The van der Waals surface area contributed by atoms with E-state index in [1.54, 1.807) is 11.0 Å². The summed E-state index contributed by atoms with van der Waals surface area (Å²) in [7, 11) is 0. The average Bonchev–Trinajstić information content (AvgIpc) is 2.94. The molecule has 24 heavy (non-hydrogen) atoms. The minimum atomic E-state index is -0.498. The number of rotatable bonds is 5. The Morgan fingerprint density at radius 3 is 2.71 bits per heavy atom. The Balaban J connectivity index is 1.97. The number of ether oxygens (including phenoxy) is 3. The third kappa shape index (κ3) is 5.43. The van der Waals surface area contributed by atoms with Crippen molar-refractivity contribution >= 4 is 17.9 Å². The quantitative estimate of drug-likeness (QED) is 0.594. The average molecular weight is 355 g/mol. The SMILES string of the molecule is CCOc1cc(O[C@H]2CCN(C(=O)OC(C)(C)C)C2)nc(SC)n1. The molecule has 1 aliphatic heterocycles. The number of carbonyl (C=O) groups is 1. The molecule has 8 heteroatoms. The Morgan fingerprint density at radius 2 is 2.08 bits per heavy atom. The van der Waals surface area contributed by atoms with Gasteiger partial charge in [0.05, 0.1) is 19.2 Å². The molecule has 0 aliphatic carbocycles. The van der Waals surface area contributed by atoms with Crippen molar-refractivity contribution in [2.45, 2.75) is 51.0 Å². The van der Waals surface area contributed by atoms with E-state index in [-0.39, 0.29) is 12.2 Å². The first-order valence-corrected chi connectivity index (χ1v) is 9.23. The second kappa shape index (κ2) is 7.92. The summed E-state index contributed by atoms with van der Waals surface area (Å²) < 4.78 is 16.8. The smallest absolute Gasteiger partial charge is 0.410 e. The molecule has 1 fully saturated rings. The summed E-state index contributed by atoms with van der Waals surface area (Å²) in [6.07, 6.45) is 2.21. The second-order valence-corrected chi connectivity index (χ2v) is 7.19. The van der Waals surface area contributed by atoms with Crippen LogP contribution >= 0.6 is 11.8 Å². The molecular weight excluding hydrogens is 330 g/mol. The fourth-order valence-electron chi connectivity index (χ4n) is 2.24. The topological polar surface area (TPSA) is 73.8 Å². The van der Waals surface area contributed by atoms with Gasteiger partial charge >= 0.3 is 6.09 Å². The molecule has 2 rings (SSSR count). The van der Waals surface area contributed by atoms with Gasteiger partial charge in [0.1, 0.15) is 11.7 Å². The predicted octanol–water partition coefficient (Wildman–Crippen LogP) is 2.99. The number of thioether (sulfide) groups is 1. The summed E-state index contributed by atoms with van der Waals surface area (Å²) in [5, 5.41) is 0.595. The van der Waals surface area contributed by atoms with Crippen LogP contribution in [0.3, 0.4) is 0 Å². The van der Waals surface area contributed by atoms with E-state index in [0.717, 1.165) is 6.42 Å². The zero-order valence-electron chi connectivity index (χ0n) is 14.9. The molecule has 1 aromatic heterocycles. The first-order chi connectivity index (χ1) is 11.3. The number of aromatic nitrogens is 2. The predicted molar refractivity (Wildman–Crippen MR) is 91.8 cm³/mol. The summed E-state index contributed by atoms with van der Waals surface area (Å²) in [5.74, 6) is 0.961. The van der Waals surface area contributed by atoms with Gasteiger partial charge in [-0.05, 0) is 34.0 Å². The van der Waals surface area contributed by atoms with Gasteiger partial charge in [-0.25, -0.2) is 4.79 Å². The lowest BCUT2D eigenvalue weighted by Gasteiger charge is -2.24. The van der Waals surface area contributed by atoms with Gasteiger partial charge < -0.3 is 19.1 Å². The fraction of sp³-hybridized carbons (Fsp3) is 0.688. The van der Waals surface area contributed by atoms with Crippen LogP contribution in [-0.4, -0.2) is 58.6 Å². The molecule has 1 aliphatic rings. The van der Waals surface area contributed by atoms with Crippen molar-refractivity contribution in [2.75, 3.05) is 26.0 Å². The Hall–Kier alpha value is -1.70. The Labute approximate surface area is 147 Å². The van der Waals surface area contributed by atoms with Crippen molar-refractivity contribution < 1.29 is 19.0 Å². The maximum atomic E-state index is 12.1.